The van der Waals surface area contributed by atoms with Gasteiger partial charge in [0.15, 0.2) is 0 Å². The fraction of sp³-hybridized carbons (Fsp3) is 0.778. The van der Waals surface area contributed by atoms with E-state index in [1.807, 2.05) is 0 Å². The van der Waals surface area contributed by atoms with Crippen molar-refractivity contribution in [3.8, 4) is 0 Å². The summed E-state index contributed by atoms with van der Waals surface area (Å²) in [6, 6.07) is -0.659. The Morgan fingerprint density at radius 1 is 1.27 bits per heavy atom. The maximum atomic E-state index is 11.2. The van der Waals surface area contributed by atoms with Gasteiger partial charge in [0.25, 0.3) is 0 Å². The van der Waals surface area contributed by atoms with E-state index in [1.165, 1.54) is 7.11 Å². The van der Waals surface area contributed by atoms with Crippen LogP contribution in [0.1, 0.15) is 6.92 Å². The Bertz CT molecular complexity index is 207. The van der Waals surface area contributed by atoms with Crippen LogP contribution in [0.4, 0.5) is 0 Å². The Labute approximate surface area is 88.9 Å². The average molecular weight is 219 g/mol. The average Bonchev–Trinajstić information content (AvgIpc) is 2.23. The standard InChI is InChI=1S/C9H17NO5/c1-7(9(12)14-3)10-8(11)6-15-5-4-13-2/h7H,4-6H2,1-3H3,(H,10,11)/t7-/m1/s1. The summed E-state index contributed by atoms with van der Waals surface area (Å²) in [7, 11) is 2.81. The van der Waals surface area contributed by atoms with Crippen LogP contribution < -0.4 is 5.32 Å². The van der Waals surface area contributed by atoms with Gasteiger partial charge in [-0.05, 0) is 6.92 Å². The van der Waals surface area contributed by atoms with Crippen LogP contribution in [0.3, 0.4) is 0 Å². The lowest BCUT2D eigenvalue weighted by Crippen LogP contribution is -2.41. The first kappa shape index (κ1) is 13.9. The molecule has 0 spiro atoms. The van der Waals surface area contributed by atoms with Crippen molar-refractivity contribution in [1.82, 2.24) is 5.32 Å². The molecule has 0 heterocycles. The van der Waals surface area contributed by atoms with Crippen LogP contribution in [0, 0.1) is 0 Å². The second-order valence-electron chi connectivity index (χ2n) is 2.86. The summed E-state index contributed by atoms with van der Waals surface area (Å²) >= 11 is 0. The normalized spacial score (nSPS) is 11.9. The molecule has 0 fully saturated rings. The quantitative estimate of drug-likeness (QED) is 0.454. The van der Waals surface area contributed by atoms with Gasteiger partial charge in [-0.25, -0.2) is 4.79 Å². The van der Waals surface area contributed by atoms with Gasteiger partial charge in [0.1, 0.15) is 12.6 Å². The lowest BCUT2D eigenvalue weighted by atomic mass is 10.3. The molecule has 0 rings (SSSR count). The van der Waals surface area contributed by atoms with E-state index in [9.17, 15) is 9.59 Å². The van der Waals surface area contributed by atoms with Crippen LogP contribution in [-0.2, 0) is 23.8 Å². The Morgan fingerprint density at radius 2 is 1.93 bits per heavy atom. The summed E-state index contributed by atoms with van der Waals surface area (Å²) in [5.74, 6) is -0.843. The van der Waals surface area contributed by atoms with Crippen LogP contribution in [0.2, 0.25) is 0 Å². The summed E-state index contributed by atoms with van der Waals surface area (Å²) in [5.41, 5.74) is 0. The van der Waals surface area contributed by atoms with E-state index < -0.39 is 12.0 Å². The van der Waals surface area contributed by atoms with Crippen molar-refractivity contribution in [2.45, 2.75) is 13.0 Å². The van der Waals surface area contributed by atoms with Crippen LogP contribution in [-0.4, -0.2) is 52.0 Å². The van der Waals surface area contributed by atoms with Gasteiger partial charge in [0, 0.05) is 7.11 Å². The van der Waals surface area contributed by atoms with Crippen molar-refractivity contribution in [3.63, 3.8) is 0 Å². The third kappa shape index (κ3) is 6.87. The van der Waals surface area contributed by atoms with Crippen molar-refractivity contribution >= 4 is 11.9 Å². The molecule has 0 aliphatic heterocycles. The number of esters is 1. The lowest BCUT2D eigenvalue weighted by molar-refractivity contribution is -0.145. The first-order chi connectivity index (χ1) is 7.11. The molecule has 0 saturated heterocycles. The van der Waals surface area contributed by atoms with Gasteiger partial charge in [-0.2, -0.15) is 0 Å². The van der Waals surface area contributed by atoms with Crippen LogP contribution in [0.5, 0.6) is 0 Å². The molecule has 15 heavy (non-hydrogen) atoms. The minimum Gasteiger partial charge on any atom is -0.467 e. The molecular formula is C9H17NO5. The van der Waals surface area contributed by atoms with Gasteiger partial charge in [-0.15, -0.1) is 0 Å². The van der Waals surface area contributed by atoms with Gasteiger partial charge >= 0.3 is 5.97 Å². The summed E-state index contributed by atoms with van der Waals surface area (Å²) in [5, 5.41) is 2.43. The molecule has 0 unspecified atom stereocenters. The Kier molecular flexibility index (Phi) is 7.57. The minimum atomic E-state index is -0.659. The monoisotopic (exact) mass is 219 g/mol. The number of hydrogen-bond acceptors (Lipinski definition) is 5. The van der Waals surface area contributed by atoms with Gasteiger partial charge in [-0.1, -0.05) is 0 Å². The second kappa shape index (κ2) is 8.19. The number of rotatable bonds is 7. The van der Waals surface area contributed by atoms with Gasteiger partial charge in [0.05, 0.1) is 20.3 Å². The molecule has 1 amide bonds. The summed E-state index contributed by atoms with van der Waals surface area (Å²) < 4.78 is 14.1. The third-order valence-electron chi connectivity index (χ3n) is 1.60. The smallest absolute Gasteiger partial charge is 0.328 e. The van der Waals surface area contributed by atoms with E-state index in [1.54, 1.807) is 14.0 Å². The Hall–Kier alpha value is -1.14. The number of hydrogen-bond donors (Lipinski definition) is 1. The third-order valence-corrected chi connectivity index (χ3v) is 1.60. The fourth-order valence-electron chi connectivity index (χ4n) is 0.826. The number of ether oxygens (including phenoxy) is 3. The lowest BCUT2D eigenvalue weighted by Gasteiger charge is -2.11. The zero-order valence-electron chi connectivity index (χ0n) is 9.24. The van der Waals surface area contributed by atoms with Crippen LogP contribution >= 0.6 is 0 Å². The summed E-state index contributed by atoms with van der Waals surface area (Å²) in [6.45, 7) is 2.22. The maximum Gasteiger partial charge on any atom is 0.328 e. The van der Waals surface area contributed by atoms with E-state index in [2.05, 4.69) is 10.1 Å². The molecule has 0 aromatic carbocycles. The minimum absolute atomic E-state index is 0.0926. The van der Waals surface area contributed by atoms with Crippen molar-refractivity contribution in [3.05, 3.63) is 0 Å². The zero-order chi connectivity index (χ0) is 11.7. The molecule has 0 bridgehead atoms. The molecule has 0 aromatic heterocycles. The SMILES string of the molecule is COCCOCC(=O)N[C@H](C)C(=O)OC. The number of nitrogens with one attached hydrogen (secondary N) is 1. The highest BCUT2D eigenvalue weighted by Gasteiger charge is 2.15. The molecule has 1 N–H and O–H groups in total. The Balaban J connectivity index is 3.60. The molecule has 1 atom stereocenters. The molecular weight excluding hydrogens is 202 g/mol. The number of methoxy groups -OCH3 is 2. The first-order valence-electron chi connectivity index (χ1n) is 4.55. The van der Waals surface area contributed by atoms with E-state index in [0.717, 1.165) is 0 Å². The van der Waals surface area contributed by atoms with E-state index in [0.29, 0.717) is 13.2 Å². The predicted octanol–water partition coefficient (Wildman–Crippen LogP) is -0.673. The topological polar surface area (TPSA) is 73.9 Å². The number of carbonyl (C=O) groups is 2. The Morgan fingerprint density at radius 3 is 2.47 bits per heavy atom. The molecule has 0 aromatic rings. The molecule has 6 nitrogen and oxygen atoms in total. The second-order valence-corrected chi connectivity index (χ2v) is 2.86. The van der Waals surface area contributed by atoms with Gasteiger partial charge in [0.2, 0.25) is 5.91 Å². The van der Waals surface area contributed by atoms with Gasteiger partial charge < -0.3 is 19.5 Å². The summed E-state index contributed by atoms with van der Waals surface area (Å²) in [4.78, 5) is 22.1. The van der Waals surface area contributed by atoms with Crippen LogP contribution in [0.15, 0.2) is 0 Å². The largest absolute Gasteiger partial charge is 0.467 e. The molecule has 0 saturated carbocycles. The molecule has 0 aliphatic carbocycles. The van der Waals surface area contributed by atoms with Crippen molar-refractivity contribution < 1.29 is 23.8 Å². The maximum absolute atomic E-state index is 11.2. The van der Waals surface area contributed by atoms with Crippen molar-refractivity contribution in [2.75, 3.05) is 34.0 Å². The highest BCUT2D eigenvalue weighted by molar-refractivity contribution is 5.84. The highest BCUT2D eigenvalue weighted by atomic mass is 16.5. The van der Waals surface area contributed by atoms with E-state index >= 15 is 0 Å². The van der Waals surface area contributed by atoms with Gasteiger partial charge in [-0.3, -0.25) is 4.79 Å². The van der Waals surface area contributed by atoms with Crippen molar-refractivity contribution in [1.29, 1.82) is 0 Å². The fourth-order valence-corrected chi connectivity index (χ4v) is 0.826. The first-order valence-corrected chi connectivity index (χ1v) is 4.55. The number of amides is 1. The highest BCUT2D eigenvalue weighted by Crippen LogP contribution is 1.86. The molecule has 88 valence electrons. The van der Waals surface area contributed by atoms with E-state index in [-0.39, 0.29) is 12.5 Å². The summed E-state index contributed by atoms with van der Waals surface area (Å²) in [6.07, 6.45) is 0. The zero-order valence-corrected chi connectivity index (χ0v) is 9.24. The van der Waals surface area contributed by atoms with Crippen molar-refractivity contribution in [2.24, 2.45) is 0 Å². The molecule has 0 radical (unpaired) electrons. The predicted molar refractivity (Wildman–Crippen MR) is 52.3 cm³/mol. The van der Waals surface area contributed by atoms with E-state index in [4.69, 9.17) is 9.47 Å². The van der Waals surface area contributed by atoms with Crippen LogP contribution in [0.25, 0.3) is 0 Å². The molecule has 6 heteroatoms. The molecule has 0 aliphatic rings. The number of carbonyl (C=O) groups excluding carboxylic acids is 2.